The Hall–Kier alpha value is -1.46. The molecule has 1 unspecified atom stereocenters. The fourth-order valence-corrected chi connectivity index (χ4v) is 2.22. The summed E-state index contributed by atoms with van der Waals surface area (Å²) in [5.41, 5.74) is 2.04. The molecule has 0 saturated heterocycles. The fraction of sp³-hybridized carbons (Fsp3) is 0.0667. The van der Waals surface area contributed by atoms with Gasteiger partial charge in [0, 0.05) is 0 Å². The molecule has 1 aromatic heterocycles. The molecule has 0 aliphatic heterocycles. The van der Waals surface area contributed by atoms with Gasteiger partial charge in [-0.05, 0) is 53.0 Å². The van der Waals surface area contributed by atoms with E-state index in [4.69, 9.17) is 0 Å². The molecule has 6 heteroatoms. The van der Waals surface area contributed by atoms with Crippen LogP contribution in [0.15, 0.2) is 58.4 Å². The van der Waals surface area contributed by atoms with E-state index in [-0.39, 0.29) is 5.76 Å². The maximum atomic E-state index is 10.3. The maximum Gasteiger partial charge on any atom is 0.156 e. The largest absolute Gasteiger partial charge is 0.505 e. The van der Waals surface area contributed by atoms with E-state index in [1.54, 1.807) is 12.2 Å². The van der Waals surface area contributed by atoms with Gasteiger partial charge in [-0.25, -0.2) is 0 Å². The minimum absolute atomic E-state index is 0.0927. The maximum absolute atomic E-state index is 10.3. The quantitative estimate of drug-likeness (QED) is 0.361. The average Bonchev–Trinajstić information content (AvgIpc) is 2.89. The van der Waals surface area contributed by atoms with Crippen LogP contribution in [0.2, 0.25) is 0 Å². The molecule has 108 valence electrons. The number of aromatic nitrogens is 3. The number of nitrogens with zero attached hydrogens (tertiary/aromatic N) is 3. The lowest BCUT2D eigenvalue weighted by Gasteiger charge is -2.05. The van der Waals surface area contributed by atoms with Gasteiger partial charge in [-0.15, -0.1) is 24.2 Å². The molecule has 2 rings (SSSR count). The van der Waals surface area contributed by atoms with E-state index < -0.39 is 0 Å². The van der Waals surface area contributed by atoms with Gasteiger partial charge in [0.15, 0.2) is 5.76 Å². The highest BCUT2D eigenvalue weighted by Crippen LogP contribution is 2.22. The number of hydrogen-bond acceptors (Lipinski definition) is 3. The lowest BCUT2D eigenvalue weighted by atomic mass is 10.3. The van der Waals surface area contributed by atoms with Crippen molar-refractivity contribution in [3.05, 3.63) is 58.4 Å². The van der Waals surface area contributed by atoms with E-state index in [2.05, 4.69) is 26.0 Å². The standard InChI is InChI=1S/C15H15IN3OP/c1-3-5-6-14(15(20)11(16)4-2)19-17-12-8-7-10(21)9-13(12)18-19/h3-9,20H,2,21H2,1H3/b5-3-,14-6+,15-11-. The van der Waals surface area contributed by atoms with Crippen LogP contribution in [0.5, 0.6) is 0 Å². The Balaban J connectivity index is 2.61. The summed E-state index contributed by atoms with van der Waals surface area (Å²) < 4.78 is 0.636. The average molecular weight is 411 g/mol. The minimum atomic E-state index is 0.0927. The van der Waals surface area contributed by atoms with Crippen LogP contribution in [0, 0.1) is 0 Å². The van der Waals surface area contributed by atoms with Crippen LogP contribution in [-0.2, 0) is 0 Å². The van der Waals surface area contributed by atoms with Crippen LogP contribution in [-0.4, -0.2) is 20.1 Å². The molecule has 0 spiro atoms. The Bertz CT molecular complexity index is 774. The molecule has 0 amide bonds. The topological polar surface area (TPSA) is 50.9 Å². The monoisotopic (exact) mass is 411 g/mol. The molecule has 2 aromatic rings. The SMILES string of the molecule is C=C\C(I)=C(O)/C(=C\C=C/C)n1nc2ccc(P)cc2n1. The molecule has 1 N–H and O–H groups in total. The van der Waals surface area contributed by atoms with Gasteiger partial charge in [0.05, 0.1) is 3.58 Å². The normalized spacial score (nSPS) is 13.8. The van der Waals surface area contributed by atoms with Gasteiger partial charge in [0.1, 0.15) is 16.7 Å². The first-order chi connectivity index (χ1) is 10.1. The van der Waals surface area contributed by atoms with E-state index in [1.165, 1.54) is 4.80 Å². The molecule has 0 radical (unpaired) electrons. The van der Waals surface area contributed by atoms with Crippen molar-refractivity contribution in [3.8, 4) is 0 Å². The zero-order valence-electron chi connectivity index (χ0n) is 11.5. The van der Waals surface area contributed by atoms with Crippen molar-refractivity contribution >= 4 is 53.9 Å². The van der Waals surface area contributed by atoms with Crippen molar-refractivity contribution in [2.75, 3.05) is 0 Å². The number of halogens is 1. The number of aliphatic hydroxyl groups is 1. The van der Waals surface area contributed by atoms with Crippen molar-refractivity contribution in [3.63, 3.8) is 0 Å². The second kappa shape index (κ2) is 7.00. The molecule has 4 nitrogen and oxygen atoms in total. The van der Waals surface area contributed by atoms with E-state index >= 15 is 0 Å². The van der Waals surface area contributed by atoms with Crippen molar-refractivity contribution in [2.24, 2.45) is 0 Å². The van der Waals surface area contributed by atoms with Crippen molar-refractivity contribution in [2.45, 2.75) is 6.92 Å². The number of fused-ring (bicyclic) bond motifs is 1. The van der Waals surface area contributed by atoms with Gasteiger partial charge < -0.3 is 5.11 Å². The summed E-state index contributed by atoms with van der Waals surface area (Å²) in [7, 11) is 2.63. The highest BCUT2D eigenvalue weighted by atomic mass is 127. The first-order valence-electron chi connectivity index (χ1n) is 6.24. The Morgan fingerprint density at radius 2 is 2.10 bits per heavy atom. The van der Waals surface area contributed by atoms with E-state index in [9.17, 15) is 5.11 Å². The second-order valence-corrected chi connectivity index (χ2v) is 6.04. The van der Waals surface area contributed by atoms with Gasteiger partial charge in [-0.1, -0.05) is 30.9 Å². The Morgan fingerprint density at radius 3 is 2.76 bits per heavy atom. The summed E-state index contributed by atoms with van der Waals surface area (Å²) in [5, 5.41) is 20.2. The van der Waals surface area contributed by atoms with Gasteiger partial charge in [-0.2, -0.15) is 0 Å². The third kappa shape index (κ3) is 3.60. The third-order valence-electron chi connectivity index (χ3n) is 2.71. The third-order valence-corrected chi connectivity index (χ3v) is 4.02. The molecular weight excluding hydrogens is 396 g/mol. The molecule has 0 bridgehead atoms. The number of benzene rings is 1. The highest BCUT2D eigenvalue weighted by molar-refractivity contribution is 14.1. The smallest absolute Gasteiger partial charge is 0.156 e. The molecule has 21 heavy (non-hydrogen) atoms. The van der Waals surface area contributed by atoms with Crippen molar-refractivity contribution in [1.82, 2.24) is 15.0 Å². The molecular formula is C15H15IN3OP. The second-order valence-electron chi connectivity index (χ2n) is 4.22. The summed E-state index contributed by atoms with van der Waals surface area (Å²) in [6, 6.07) is 5.77. The minimum Gasteiger partial charge on any atom is -0.505 e. The zero-order valence-corrected chi connectivity index (χ0v) is 14.8. The summed E-state index contributed by atoms with van der Waals surface area (Å²) >= 11 is 2.02. The molecule has 1 heterocycles. The van der Waals surface area contributed by atoms with Crippen LogP contribution in [0.25, 0.3) is 16.7 Å². The van der Waals surface area contributed by atoms with Crippen molar-refractivity contribution < 1.29 is 5.11 Å². The van der Waals surface area contributed by atoms with Crippen LogP contribution in [0.3, 0.4) is 0 Å². The number of hydrogen-bond donors (Lipinski definition) is 1. The van der Waals surface area contributed by atoms with Gasteiger partial charge >= 0.3 is 0 Å². The number of allylic oxidation sites excluding steroid dienone is 6. The summed E-state index contributed by atoms with van der Waals surface area (Å²) in [5.74, 6) is 0.0927. The number of aliphatic hydroxyl groups excluding tert-OH is 1. The van der Waals surface area contributed by atoms with Gasteiger partial charge in [0.25, 0.3) is 0 Å². The molecule has 0 fully saturated rings. The van der Waals surface area contributed by atoms with Crippen molar-refractivity contribution in [1.29, 1.82) is 0 Å². The van der Waals surface area contributed by atoms with E-state index in [0.717, 1.165) is 16.3 Å². The summed E-state index contributed by atoms with van der Waals surface area (Å²) in [4.78, 5) is 1.44. The predicted octanol–water partition coefficient (Wildman–Crippen LogP) is 3.74. The summed E-state index contributed by atoms with van der Waals surface area (Å²) in [6.45, 7) is 5.57. The van der Waals surface area contributed by atoms with Gasteiger partial charge in [0.2, 0.25) is 0 Å². The van der Waals surface area contributed by atoms with E-state index in [1.807, 2.05) is 59.9 Å². The van der Waals surface area contributed by atoms with Crippen LogP contribution < -0.4 is 5.30 Å². The summed E-state index contributed by atoms with van der Waals surface area (Å²) in [6.07, 6.45) is 7.05. The predicted molar refractivity (Wildman–Crippen MR) is 99.8 cm³/mol. The van der Waals surface area contributed by atoms with Crippen LogP contribution >= 0.6 is 31.8 Å². The Labute approximate surface area is 139 Å². The van der Waals surface area contributed by atoms with Gasteiger partial charge in [-0.3, -0.25) is 0 Å². The van der Waals surface area contributed by atoms with E-state index in [0.29, 0.717) is 9.28 Å². The Morgan fingerprint density at radius 1 is 1.38 bits per heavy atom. The lowest BCUT2D eigenvalue weighted by molar-refractivity contribution is 0.428. The Kier molecular flexibility index (Phi) is 5.31. The zero-order chi connectivity index (χ0) is 15.4. The fourth-order valence-electron chi connectivity index (χ4n) is 1.69. The molecule has 0 aliphatic carbocycles. The first-order valence-corrected chi connectivity index (χ1v) is 7.90. The highest BCUT2D eigenvalue weighted by Gasteiger charge is 2.13. The molecule has 0 aliphatic rings. The van der Waals surface area contributed by atoms with Crippen LogP contribution in [0.1, 0.15) is 6.92 Å². The van der Waals surface area contributed by atoms with Crippen LogP contribution in [0.4, 0.5) is 0 Å². The molecule has 0 saturated carbocycles. The lowest BCUT2D eigenvalue weighted by Crippen LogP contribution is -2.04. The first kappa shape index (κ1) is 15.9. The number of rotatable bonds is 4. The molecule has 1 atom stereocenters. The molecule has 1 aromatic carbocycles.